The fourth-order valence-electron chi connectivity index (χ4n) is 2.84. The van der Waals surface area contributed by atoms with Crippen molar-refractivity contribution in [2.45, 2.75) is 24.2 Å². The van der Waals surface area contributed by atoms with E-state index in [4.69, 9.17) is 18.9 Å². The molecule has 0 spiro atoms. The molecule has 0 aliphatic carbocycles. The number of ether oxygens (including phenoxy) is 4. The summed E-state index contributed by atoms with van der Waals surface area (Å²) < 4.78 is 21.7. The summed E-state index contributed by atoms with van der Waals surface area (Å²) in [6.45, 7) is 3.83. The standard InChI is InChI=1S/C17H19NO5/c1-3-7-13-14-17(16(19)22-13,10-21-11-20-2)18-15(23-14)12-8-5-4-6-9-12/h3-6,8-9,13-14H,1,7,10-11H2,2H3/t13-,14+,17+/m1/s1. The molecule has 1 aromatic rings. The number of nitrogens with zero attached hydrogens (tertiary/aromatic N) is 1. The van der Waals surface area contributed by atoms with Crippen molar-refractivity contribution >= 4 is 11.9 Å². The van der Waals surface area contributed by atoms with Crippen LogP contribution in [0.15, 0.2) is 48.0 Å². The Morgan fingerprint density at radius 2 is 2.13 bits per heavy atom. The monoisotopic (exact) mass is 317 g/mol. The van der Waals surface area contributed by atoms with Crippen molar-refractivity contribution in [1.82, 2.24) is 0 Å². The molecule has 2 aliphatic rings. The van der Waals surface area contributed by atoms with Crippen LogP contribution in [0.3, 0.4) is 0 Å². The molecular formula is C17H19NO5. The summed E-state index contributed by atoms with van der Waals surface area (Å²) in [4.78, 5) is 17.0. The number of carbonyl (C=O) groups excluding carboxylic acids is 1. The van der Waals surface area contributed by atoms with Crippen LogP contribution in [0.5, 0.6) is 0 Å². The lowest BCUT2D eigenvalue weighted by Crippen LogP contribution is -2.46. The van der Waals surface area contributed by atoms with E-state index in [-0.39, 0.29) is 13.4 Å². The molecule has 0 radical (unpaired) electrons. The van der Waals surface area contributed by atoms with Crippen molar-refractivity contribution in [1.29, 1.82) is 0 Å². The molecule has 0 bridgehead atoms. The molecule has 1 fully saturated rings. The van der Waals surface area contributed by atoms with E-state index < -0.39 is 23.7 Å². The van der Waals surface area contributed by atoms with Crippen molar-refractivity contribution < 1.29 is 23.7 Å². The van der Waals surface area contributed by atoms with Gasteiger partial charge in [-0.1, -0.05) is 24.3 Å². The van der Waals surface area contributed by atoms with E-state index in [9.17, 15) is 4.79 Å². The van der Waals surface area contributed by atoms with Gasteiger partial charge in [-0.3, -0.25) is 0 Å². The van der Waals surface area contributed by atoms with Gasteiger partial charge in [-0.2, -0.15) is 0 Å². The second-order valence-electron chi connectivity index (χ2n) is 5.47. The van der Waals surface area contributed by atoms with Crippen molar-refractivity contribution in [3.8, 4) is 0 Å². The van der Waals surface area contributed by atoms with E-state index in [1.54, 1.807) is 6.08 Å². The molecule has 6 nitrogen and oxygen atoms in total. The molecule has 6 heteroatoms. The van der Waals surface area contributed by atoms with Crippen LogP contribution < -0.4 is 0 Å². The third-order valence-corrected chi connectivity index (χ3v) is 3.90. The number of hydrogen-bond donors (Lipinski definition) is 0. The number of carbonyl (C=O) groups is 1. The van der Waals surface area contributed by atoms with E-state index >= 15 is 0 Å². The van der Waals surface area contributed by atoms with Gasteiger partial charge in [-0.05, 0) is 12.1 Å². The first-order valence-electron chi connectivity index (χ1n) is 7.42. The third-order valence-electron chi connectivity index (χ3n) is 3.90. The van der Waals surface area contributed by atoms with Crippen molar-refractivity contribution in [3.63, 3.8) is 0 Å². The maximum Gasteiger partial charge on any atom is 0.341 e. The van der Waals surface area contributed by atoms with Gasteiger partial charge in [0, 0.05) is 19.1 Å². The summed E-state index contributed by atoms with van der Waals surface area (Å²) in [6.07, 6.45) is 1.25. The first kappa shape index (κ1) is 15.7. The number of esters is 1. The summed E-state index contributed by atoms with van der Waals surface area (Å²) in [7, 11) is 1.52. The molecule has 122 valence electrons. The largest absolute Gasteiger partial charge is 0.467 e. The number of aliphatic imine (C=N–C) groups is 1. The van der Waals surface area contributed by atoms with Crippen LogP contribution in [0.4, 0.5) is 0 Å². The Morgan fingerprint density at radius 1 is 1.35 bits per heavy atom. The van der Waals surface area contributed by atoms with Crippen molar-refractivity contribution in [3.05, 3.63) is 48.6 Å². The molecular weight excluding hydrogens is 298 g/mol. The molecule has 2 heterocycles. The predicted molar refractivity (Wildman–Crippen MR) is 83.1 cm³/mol. The van der Waals surface area contributed by atoms with Crippen LogP contribution in [0.2, 0.25) is 0 Å². The molecule has 0 N–H and O–H groups in total. The number of fused-ring (bicyclic) bond motifs is 1. The molecule has 1 saturated heterocycles. The van der Waals surface area contributed by atoms with E-state index in [1.807, 2.05) is 30.3 Å². The molecule has 0 amide bonds. The van der Waals surface area contributed by atoms with Gasteiger partial charge >= 0.3 is 5.97 Å². The molecule has 0 saturated carbocycles. The zero-order valence-electron chi connectivity index (χ0n) is 12.9. The highest BCUT2D eigenvalue weighted by molar-refractivity contribution is 6.00. The highest BCUT2D eigenvalue weighted by Gasteiger charge is 2.63. The van der Waals surface area contributed by atoms with Gasteiger partial charge in [-0.25, -0.2) is 9.79 Å². The molecule has 3 rings (SSSR count). The van der Waals surface area contributed by atoms with E-state index in [0.29, 0.717) is 12.3 Å². The van der Waals surface area contributed by atoms with Crippen LogP contribution in [0.25, 0.3) is 0 Å². The Morgan fingerprint density at radius 3 is 2.83 bits per heavy atom. The van der Waals surface area contributed by atoms with Gasteiger partial charge in [-0.15, -0.1) is 6.58 Å². The fraction of sp³-hybridized carbons (Fsp3) is 0.412. The second-order valence-corrected chi connectivity index (χ2v) is 5.47. The van der Waals surface area contributed by atoms with Gasteiger partial charge in [0.05, 0.1) is 6.61 Å². The summed E-state index contributed by atoms with van der Waals surface area (Å²) in [5.74, 6) is -0.00119. The van der Waals surface area contributed by atoms with Crippen LogP contribution in [0.1, 0.15) is 12.0 Å². The fourth-order valence-corrected chi connectivity index (χ4v) is 2.84. The van der Waals surface area contributed by atoms with E-state index in [1.165, 1.54) is 7.11 Å². The first-order chi connectivity index (χ1) is 11.2. The minimum atomic E-state index is -1.18. The summed E-state index contributed by atoms with van der Waals surface area (Å²) in [6, 6.07) is 9.47. The van der Waals surface area contributed by atoms with Crippen LogP contribution in [0, 0.1) is 0 Å². The Bertz CT molecular complexity index is 615. The minimum Gasteiger partial charge on any atom is -0.467 e. The van der Waals surface area contributed by atoms with Gasteiger partial charge in [0.1, 0.15) is 12.9 Å². The highest BCUT2D eigenvalue weighted by atomic mass is 16.7. The summed E-state index contributed by atoms with van der Waals surface area (Å²) >= 11 is 0. The SMILES string of the molecule is C=CC[C@H]1OC(=O)[C@@]2(COCOC)N=C(c3ccccc3)O[C@@H]12. The summed E-state index contributed by atoms with van der Waals surface area (Å²) in [5.41, 5.74) is -0.365. The number of methoxy groups -OCH3 is 1. The lowest BCUT2D eigenvalue weighted by molar-refractivity contribution is -0.148. The maximum absolute atomic E-state index is 12.5. The number of rotatable bonds is 7. The molecule has 23 heavy (non-hydrogen) atoms. The topological polar surface area (TPSA) is 66.4 Å². The van der Waals surface area contributed by atoms with Crippen LogP contribution in [-0.4, -0.2) is 50.1 Å². The molecule has 1 aromatic carbocycles. The normalized spacial score (nSPS) is 28.7. The smallest absolute Gasteiger partial charge is 0.341 e. The van der Waals surface area contributed by atoms with Crippen molar-refractivity contribution in [2.24, 2.45) is 4.99 Å². The zero-order chi connectivity index (χ0) is 16.3. The Balaban J connectivity index is 1.92. The molecule has 0 unspecified atom stereocenters. The minimum absolute atomic E-state index is 0.0499. The lowest BCUT2D eigenvalue weighted by Gasteiger charge is -2.21. The molecule has 0 aromatic heterocycles. The Kier molecular flexibility index (Phi) is 4.45. The van der Waals surface area contributed by atoms with Gasteiger partial charge in [0.2, 0.25) is 11.4 Å². The van der Waals surface area contributed by atoms with Gasteiger partial charge < -0.3 is 18.9 Å². The Labute approximate surface area is 134 Å². The quantitative estimate of drug-likeness (QED) is 0.331. The summed E-state index contributed by atoms with van der Waals surface area (Å²) in [5, 5.41) is 0. The first-order valence-corrected chi connectivity index (χ1v) is 7.42. The van der Waals surface area contributed by atoms with Crippen molar-refractivity contribution in [2.75, 3.05) is 20.5 Å². The number of hydrogen-bond acceptors (Lipinski definition) is 6. The van der Waals surface area contributed by atoms with Crippen LogP contribution >= 0.6 is 0 Å². The lowest BCUT2D eigenvalue weighted by atomic mass is 9.93. The average Bonchev–Trinajstić information content (AvgIpc) is 3.06. The third kappa shape index (κ3) is 2.75. The highest BCUT2D eigenvalue weighted by Crippen LogP contribution is 2.40. The predicted octanol–water partition coefficient (Wildman–Crippen LogP) is 1.69. The van der Waals surface area contributed by atoms with Gasteiger partial charge in [0.15, 0.2) is 6.10 Å². The molecule has 3 atom stereocenters. The number of cyclic esters (lactones) is 1. The average molecular weight is 317 g/mol. The van der Waals surface area contributed by atoms with E-state index in [2.05, 4.69) is 11.6 Å². The van der Waals surface area contributed by atoms with Gasteiger partial charge in [0.25, 0.3) is 0 Å². The Hall–Kier alpha value is -2.18. The maximum atomic E-state index is 12.5. The molecule has 2 aliphatic heterocycles. The van der Waals surface area contributed by atoms with E-state index in [0.717, 1.165) is 5.56 Å². The van der Waals surface area contributed by atoms with Crippen LogP contribution in [-0.2, 0) is 23.7 Å². The zero-order valence-corrected chi connectivity index (χ0v) is 12.9. The second kappa shape index (κ2) is 6.52. The number of benzene rings is 1.